The number of hydrogen-bond acceptors (Lipinski definition) is 4. The van der Waals surface area contributed by atoms with Gasteiger partial charge in [0.05, 0.1) is 5.69 Å². The third-order valence-corrected chi connectivity index (χ3v) is 2.81. The van der Waals surface area contributed by atoms with Gasteiger partial charge in [0.15, 0.2) is 0 Å². The maximum atomic E-state index is 4.20. The molecular weight excluding hydrogens is 196 g/mol. The Bertz CT molecular complexity index is 354. The smallest absolute Gasteiger partial charge is 0.106 e. The molecule has 2 N–H and O–H groups in total. The van der Waals surface area contributed by atoms with Crippen molar-refractivity contribution in [2.45, 2.75) is 19.5 Å². The van der Waals surface area contributed by atoms with Crippen LogP contribution in [-0.4, -0.2) is 15.2 Å². The maximum Gasteiger partial charge on any atom is 0.106 e. The summed E-state index contributed by atoms with van der Waals surface area (Å²) in [6.07, 6.45) is 3.58. The molecular formula is C9H12N4S. The van der Waals surface area contributed by atoms with Crippen molar-refractivity contribution in [2.75, 3.05) is 0 Å². The summed E-state index contributed by atoms with van der Waals surface area (Å²) >= 11 is 1.66. The van der Waals surface area contributed by atoms with Crippen molar-refractivity contribution in [2.24, 2.45) is 0 Å². The van der Waals surface area contributed by atoms with E-state index in [1.54, 1.807) is 17.5 Å². The van der Waals surface area contributed by atoms with Gasteiger partial charge >= 0.3 is 0 Å². The van der Waals surface area contributed by atoms with Gasteiger partial charge in [0.1, 0.15) is 5.01 Å². The largest absolute Gasteiger partial charge is 0.302 e. The van der Waals surface area contributed by atoms with Crippen LogP contribution in [-0.2, 0) is 6.54 Å². The van der Waals surface area contributed by atoms with Crippen molar-refractivity contribution in [1.29, 1.82) is 0 Å². The zero-order valence-electron chi connectivity index (χ0n) is 7.90. The molecule has 0 fully saturated rings. The number of nitrogens with one attached hydrogen (secondary N) is 2. The molecule has 0 radical (unpaired) electrons. The highest BCUT2D eigenvalue weighted by atomic mass is 32.1. The van der Waals surface area contributed by atoms with E-state index in [1.165, 1.54) is 0 Å². The second kappa shape index (κ2) is 4.34. The number of aromatic amines is 1. The first kappa shape index (κ1) is 9.36. The van der Waals surface area contributed by atoms with Crippen molar-refractivity contribution < 1.29 is 0 Å². The highest BCUT2D eigenvalue weighted by Gasteiger charge is 2.05. The van der Waals surface area contributed by atoms with Gasteiger partial charge in [0, 0.05) is 30.4 Å². The van der Waals surface area contributed by atoms with Crippen LogP contribution in [0.1, 0.15) is 23.7 Å². The van der Waals surface area contributed by atoms with Crippen molar-refractivity contribution in [3.8, 4) is 0 Å². The lowest BCUT2D eigenvalue weighted by molar-refractivity contribution is 0.559. The second-order valence-electron chi connectivity index (χ2n) is 3.04. The molecule has 0 saturated heterocycles. The molecule has 0 aliphatic heterocycles. The zero-order chi connectivity index (χ0) is 9.80. The third kappa shape index (κ3) is 2.18. The van der Waals surface area contributed by atoms with E-state index < -0.39 is 0 Å². The Balaban J connectivity index is 1.87. The van der Waals surface area contributed by atoms with Crippen LogP contribution < -0.4 is 5.32 Å². The number of rotatable bonds is 4. The first-order valence-corrected chi connectivity index (χ1v) is 5.35. The van der Waals surface area contributed by atoms with E-state index >= 15 is 0 Å². The van der Waals surface area contributed by atoms with E-state index in [9.17, 15) is 0 Å². The molecule has 0 spiro atoms. The van der Waals surface area contributed by atoms with Crippen LogP contribution in [0.5, 0.6) is 0 Å². The van der Waals surface area contributed by atoms with Crippen LogP contribution in [0.15, 0.2) is 23.8 Å². The van der Waals surface area contributed by atoms with Gasteiger partial charge in [-0.05, 0) is 13.0 Å². The highest BCUT2D eigenvalue weighted by molar-refractivity contribution is 7.09. The lowest BCUT2D eigenvalue weighted by Crippen LogP contribution is -2.18. The van der Waals surface area contributed by atoms with Crippen LogP contribution in [0.4, 0.5) is 0 Å². The van der Waals surface area contributed by atoms with E-state index in [0.717, 1.165) is 17.2 Å². The predicted octanol–water partition coefficient (Wildman–Crippen LogP) is 1.72. The zero-order valence-corrected chi connectivity index (χ0v) is 8.71. The molecule has 14 heavy (non-hydrogen) atoms. The molecule has 2 aromatic heterocycles. The van der Waals surface area contributed by atoms with E-state index in [4.69, 9.17) is 0 Å². The Labute approximate surface area is 86.4 Å². The van der Waals surface area contributed by atoms with Crippen LogP contribution in [0.25, 0.3) is 0 Å². The lowest BCUT2D eigenvalue weighted by Gasteiger charge is -2.09. The summed E-state index contributed by atoms with van der Waals surface area (Å²) in [7, 11) is 0. The normalized spacial score (nSPS) is 12.9. The second-order valence-corrected chi connectivity index (χ2v) is 4.02. The van der Waals surface area contributed by atoms with Crippen molar-refractivity contribution in [3.63, 3.8) is 0 Å². The third-order valence-electron chi connectivity index (χ3n) is 2.03. The van der Waals surface area contributed by atoms with Crippen LogP contribution >= 0.6 is 11.3 Å². The van der Waals surface area contributed by atoms with E-state index in [0.29, 0.717) is 0 Å². The van der Waals surface area contributed by atoms with E-state index in [1.807, 2.05) is 17.6 Å². The highest BCUT2D eigenvalue weighted by Crippen LogP contribution is 2.10. The van der Waals surface area contributed by atoms with Gasteiger partial charge in [-0.1, -0.05) is 0 Å². The molecule has 1 unspecified atom stereocenters. The number of nitrogens with zero attached hydrogens (tertiary/aromatic N) is 2. The van der Waals surface area contributed by atoms with Crippen molar-refractivity contribution in [1.82, 2.24) is 20.5 Å². The Morgan fingerprint density at radius 3 is 3.14 bits per heavy atom. The Morgan fingerprint density at radius 2 is 2.50 bits per heavy atom. The number of thiazole rings is 1. The molecule has 0 saturated carbocycles. The van der Waals surface area contributed by atoms with E-state index in [2.05, 4.69) is 27.4 Å². The summed E-state index contributed by atoms with van der Waals surface area (Å²) in [5, 5.41) is 13.3. The Hall–Kier alpha value is -1.20. The average Bonchev–Trinajstić information content (AvgIpc) is 2.87. The van der Waals surface area contributed by atoms with Gasteiger partial charge in [-0.3, -0.25) is 5.10 Å². The summed E-state index contributed by atoms with van der Waals surface area (Å²) < 4.78 is 0. The minimum absolute atomic E-state index is 0.279. The Kier molecular flexibility index (Phi) is 2.90. The molecule has 2 aromatic rings. The molecule has 2 rings (SSSR count). The SMILES string of the molecule is CC(NCc1nccs1)c1ccn[nH]1. The minimum Gasteiger partial charge on any atom is -0.302 e. The van der Waals surface area contributed by atoms with Gasteiger partial charge in [-0.15, -0.1) is 11.3 Å². The number of aromatic nitrogens is 3. The summed E-state index contributed by atoms with van der Waals surface area (Å²) in [5.41, 5.74) is 1.10. The molecule has 1 atom stereocenters. The summed E-state index contributed by atoms with van der Waals surface area (Å²) in [6, 6.07) is 2.25. The molecule has 0 aliphatic carbocycles. The quantitative estimate of drug-likeness (QED) is 0.804. The van der Waals surface area contributed by atoms with Gasteiger partial charge in [0.25, 0.3) is 0 Å². The fourth-order valence-electron chi connectivity index (χ4n) is 1.20. The monoisotopic (exact) mass is 208 g/mol. The Morgan fingerprint density at radius 1 is 1.57 bits per heavy atom. The minimum atomic E-state index is 0.279. The standard InChI is InChI=1S/C9H12N4S/c1-7(8-2-3-12-13-8)11-6-9-10-4-5-14-9/h2-5,7,11H,6H2,1H3,(H,12,13). The molecule has 0 aliphatic rings. The summed E-state index contributed by atoms with van der Waals surface area (Å²) in [4.78, 5) is 4.20. The first-order chi connectivity index (χ1) is 6.86. The molecule has 5 heteroatoms. The van der Waals surface area contributed by atoms with Gasteiger partial charge in [-0.2, -0.15) is 5.10 Å². The number of H-pyrrole nitrogens is 1. The molecule has 74 valence electrons. The predicted molar refractivity (Wildman–Crippen MR) is 56.0 cm³/mol. The van der Waals surface area contributed by atoms with Crippen LogP contribution in [0.2, 0.25) is 0 Å². The molecule has 2 heterocycles. The van der Waals surface area contributed by atoms with Crippen LogP contribution in [0.3, 0.4) is 0 Å². The summed E-state index contributed by atoms with van der Waals surface area (Å²) in [5.74, 6) is 0. The fraction of sp³-hybridized carbons (Fsp3) is 0.333. The maximum absolute atomic E-state index is 4.20. The van der Waals surface area contributed by atoms with Crippen molar-refractivity contribution >= 4 is 11.3 Å². The topological polar surface area (TPSA) is 53.6 Å². The fourth-order valence-corrected chi connectivity index (χ4v) is 1.77. The van der Waals surface area contributed by atoms with Crippen molar-refractivity contribution in [3.05, 3.63) is 34.5 Å². The number of hydrogen-bond donors (Lipinski definition) is 2. The average molecular weight is 208 g/mol. The van der Waals surface area contributed by atoms with Gasteiger partial charge in [-0.25, -0.2) is 4.98 Å². The lowest BCUT2D eigenvalue weighted by atomic mass is 10.2. The van der Waals surface area contributed by atoms with Gasteiger partial charge < -0.3 is 5.32 Å². The van der Waals surface area contributed by atoms with Gasteiger partial charge in [0.2, 0.25) is 0 Å². The van der Waals surface area contributed by atoms with Crippen LogP contribution in [0, 0.1) is 0 Å². The summed E-state index contributed by atoms with van der Waals surface area (Å²) in [6.45, 7) is 2.90. The molecule has 0 bridgehead atoms. The molecule has 0 amide bonds. The first-order valence-electron chi connectivity index (χ1n) is 4.47. The molecule has 0 aromatic carbocycles. The van der Waals surface area contributed by atoms with E-state index in [-0.39, 0.29) is 6.04 Å². The molecule has 4 nitrogen and oxygen atoms in total.